The molecule has 1 fully saturated rings. The molecule has 1 unspecified atom stereocenters. The van der Waals surface area contributed by atoms with E-state index < -0.39 is 8.25 Å². The monoisotopic (exact) mass is 557 g/mol. The molecule has 0 aromatic heterocycles. The van der Waals surface area contributed by atoms with Crippen LogP contribution in [0.1, 0.15) is 62.5 Å². The Morgan fingerprint density at radius 2 is 1.88 bits per heavy atom. The summed E-state index contributed by atoms with van der Waals surface area (Å²) in [4.78, 5) is 9.90. The molecule has 1 atom stereocenters. The third-order valence-corrected chi connectivity index (χ3v) is 8.90. The predicted molar refractivity (Wildman–Crippen MR) is 139 cm³/mol. The van der Waals surface area contributed by atoms with Gasteiger partial charge in [0.2, 0.25) is 0 Å². The number of thioether (sulfide) groups is 1. The van der Waals surface area contributed by atoms with Gasteiger partial charge < -0.3 is 14.7 Å². The lowest BCUT2D eigenvalue weighted by Crippen LogP contribution is -2.22. The zero-order valence-electron chi connectivity index (χ0n) is 19.0. The lowest BCUT2D eigenvalue weighted by Gasteiger charge is -2.30. The van der Waals surface area contributed by atoms with Gasteiger partial charge in [0.15, 0.2) is 0 Å². The molecule has 3 rings (SSSR count). The van der Waals surface area contributed by atoms with Crippen LogP contribution in [0.4, 0.5) is 4.39 Å². The summed E-state index contributed by atoms with van der Waals surface area (Å²) >= 11 is 5.60. The summed E-state index contributed by atoms with van der Waals surface area (Å²) in [5.41, 5.74) is 2.76. The summed E-state index contributed by atoms with van der Waals surface area (Å²) in [6.45, 7) is 1.79. The molecule has 33 heavy (non-hydrogen) atoms. The standard InChI is InChI=1S/C25H34BrFNO3PS/c26-23-18-20(19-28-15-5-16-31-32(29)30)6-11-24(23)33-17-4-3-14-25(12-1-2-13-25)21-7-9-22(27)10-8-21/h6-11,18,28,32H,1-5,12-17,19H2,(H,29,30). The highest BCUT2D eigenvalue weighted by atomic mass is 79.9. The van der Waals surface area contributed by atoms with Crippen molar-refractivity contribution in [3.63, 3.8) is 0 Å². The van der Waals surface area contributed by atoms with Gasteiger partial charge in [0.25, 0.3) is 0 Å². The van der Waals surface area contributed by atoms with E-state index in [0.717, 1.165) is 23.3 Å². The van der Waals surface area contributed by atoms with E-state index in [2.05, 4.69) is 44.0 Å². The molecule has 2 aromatic rings. The van der Waals surface area contributed by atoms with E-state index in [9.17, 15) is 8.96 Å². The minimum atomic E-state index is -2.82. The Balaban J connectivity index is 1.38. The van der Waals surface area contributed by atoms with Crippen LogP contribution in [0, 0.1) is 5.82 Å². The minimum Gasteiger partial charge on any atom is -0.326 e. The largest absolute Gasteiger partial charge is 0.326 e. The molecule has 1 saturated carbocycles. The molecular formula is C25H34BrFNO3PS. The number of benzene rings is 2. The van der Waals surface area contributed by atoms with Crippen LogP contribution in [0.3, 0.4) is 0 Å². The Kier molecular flexibility index (Phi) is 11.4. The third-order valence-electron chi connectivity index (χ3n) is 6.37. The molecule has 0 bridgehead atoms. The minimum absolute atomic E-state index is 0.150. The third kappa shape index (κ3) is 8.79. The van der Waals surface area contributed by atoms with Crippen molar-refractivity contribution in [2.75, 3.05) is 18.9 Å². The van der Waals surface area contributed by atoms with Crippen molar-refractivity contribution >= 4 is 35.9 Å². The molecule has 0 radical (unpaired) electrons. The second-order valence-corrected chi connectivity index (χ2v) is 11.5. The van der Waals surface area contributed by atoms with Crippen molar-refractivity contribution in [2.24, 2.45) is 0 Å². The number of unbranched alkanes of at least 4 members (excludes halogenated alkanes) is 1. The molecule has 0 amide bonds. The normalized spacial score (nSPS) is 16.2. The van der Waals surface area contributed by atoms with E-state index in [4.69, 9.17) is 4.89 Å². The molecule has 2 N–H and O–H groups in total. The highest BCUT2D eigenvalue weighted by Gasteiger charge is 2.34. The topological polar surface area (TPSA) is 58.6 Å². The maximum atomic E-state index is 13.4. The zero-order valence-corrected chi connectivity index (χ0v) is 22.4. The second kappa shape index (κ2) is 14.0. The lowest BCUT2D eigenvalue weighted by atomic mass is 9.75. The summed E-state index contributed by atoms with van der Waals surface area (Å²) in [5.74, 6) is 0.937. The molecule has 0 saturated heterocycles. The van der Waals surface area contributed by atoms with Crippen molar-refractivity contribution in [1.29, 1.82) is 0 Å². The van der Waals surface area contributed by atoms with Gasteiger partial charge in [-0.1, -0.05) is 37.5 Å². The number of nitrogens with one attached hydrogen (secondary N) is 1. The first kappa shape index (κ1) is 26.9. The van der Waals surface area contributed by atoms with Crippen LogP contribution in [-0.4, -0.2) is 23.8 Å². The van der Waals surface area contributed by atoms with Crippen LogP contribution in [-0.2, 0) is 21.0 Å². The predicted octanol–water partition coefficient (Wildman–Crippen LogP) is 7.24. The quantitative estimate of drug-likeness (QED) is 0.145. The van der Waals surface area contributed by atoms with E-state index in [1.807, 2.05) is 23.9 Å². The number of hydrogen-bond donors (Lipinski definition) is 2. The van der Waals surface area contributed by atoms with Crippen LogP contribution in [0.15, 0.2) is 51.8 Å². The van der Waals surface area contributed by atoms with Crippen LogP contribution < -0.4 is 5.32 Å². The smallest absolute Gasteiger partial charge is 0.316 e. The van der Waals surface area contributed by atoms with Gasteiger partial charge in [-0.05, 0) is 101 Å². The molecule has 0 spiro atoms. The van der Waals surface area contributed by atoms with Crippen LogP contribution in [0.2, 0.25) is 0 Å². The molecule has 4 nitrogen and oxygen atoms in total. The van der Waals surface area contributed by atoms with Gasteiger partial charge in [0.05, 0.1) is 6.61 Å². The Morgan fingerprint density at radius 1 is 1.12 bits per heavy atom. The average molecular weight is 558 g/mol. The lowest BCUT2D eigenvalue weighted by molar-refractivity contribution is 0.276. The van der Waals surface area contributed by atoms with Crippen molar-refractivity contribution < 1.29 is 18.4 Å². The second-order valence-electron chi connectivity index (χ2n) is 8.71. The number of halogens is 2. The van der Waals surface area contributed by atoms with E-state index in [0.29, 0.717) is 13.0 Å². The van der Waals surface area contributed by atoms with Gasteiger partial charge in [-0.3, -0.25) is 4.57 Å². The first-order valence-electron chi connectivity index (χ1n) is 11.7. The Bertz CT molecular complexity index is 894. The van der Waals surface area contributed by atoms with Crippen molar-refractivity contribution in [3.05, 3.63) is 63.9 Å². The molecule has 182 valence electrons. The fraction of sp³-hybridized carbons (Fsp3) is 0.520. The highest BCUT2D eigenvalue weighted by molar-refractivity contribution is 9.10. The SMILES string of the molecule is O=[PH](O)OCCCNCc1ccc(SCCCCC2(c3ccc(F)cc3)CCCC2)c(Br)c1. The fourth-order valence-electron chi connectivity index (χ4n) is 4.65. The highest BCUT2D eigenvalue weighted by Crippen LogP contribution is 2.45. The van der Waals surface area contributed by atoms with Crippen molar-refractivity contribution in [2.45, 2.75) is 68.2 Å². The van der Waals surface area contributed by atoms with Gasteiger partial charge in [-0.25, -0.2) is 4.39 Å². The van der Waals surface area contributed by atoms with E-state index >= 15 is 0 Å². The number of rotatable bonds is 14. The van der Waals surface area contributed by atoms with Gasteiger partial charge in [-0.15, -0.1) is 11.8 Å². The Hall–Kier alpha value is -0.690. The molecule has 2 aromatic carbocycles. The summed E-state index contributed by atoms with van der Waals surface area (Å²) in [5, 5.41) is 3.33. The van der Waals surface area contributed by atoms with Gasteiger partial charge in [0.1, 0.15) is 5.82 Å². The first-order valence-corrected chi connectivity index (χ1v) is 14.8. The molecule has 1 aliphatic rings. The van der Waals surface area contributed by atoms with E-state index in [-0.39, 0.29) is 11.2 Å². The molecule has 0 aliphatic heterocycles. The van der Waals surface area contributed by atoms with Gasteiger partial charge >= 0.3 is 8.25 Å². The van der Waals surface area contributed by atoms with Gasteiger partial charge in [0, 0.05) is 15.9 Å². The summed E-state index contributed by atoms with van der Waals surface area (Å²) in [6, 6.07) is 13.7. The fourth-order valence-corrected chi connectivity index (χ4v) is 6.66. The molecule has 1 aliphatic carbocycles. The van der Waals surface area contributed by atoms with Crippen LogP contribution >= 0.6 is 35.9 Å². The van der Waals surface area contributed by atoms with Crippen molar-refractivity contribution in [1.82, 2.24) is 5.32 Å². The van der Waals surface area contributed by atoms with E-state index in [1.54, 1.807) is 12.1 Å². The molecular weight excluding hydrogens is 524 g/mol. The Morgan fingerprint density at radius 3 is 2.58 bits per heavy atom. The van der Waals surface area contributed by atoms with Crippen molar-refractivity contribution in [3.8, 4) is 0 Å². The summed E-state index contributed by atoms with van der Waals surface area (Å²) in [6.07, 6.45) is 9.25. The summed E-state index contributed by atoms with van der Waals surface area (Å²) < 4.78 is 29.7. The molecule has 0 heterocycles. The molecule has 8 heteroatoms. The van der Waals surface area contributed by atoms with Gasteiger partial charge in [-0.2, -0.15) is 0 Å². The maximum absolute atomic E-state index is 13.4. The Labute approximate surface area is 210 Å². The number of hydrogen-bond acceptors (Lipinski definition) is 4. The summed E-state index contributed by atoms with van der Waals surface area (Å²) in [7, 11) is -2.82. The van der Waals surface area contributed by atoms with E-state index in [1.165, 1.54) is 61.0 Å². The average Bonchev–Trinajstić information content (AvgIpc) is 3.27. The maximum Gasteiger partial charge on any atom is 0.316 e. The zero-order chi connectivity index (χ0) is 23.5. The van der Waals surface area contributed by atoms with Crippen LogP contribution in [0.5, 0.6) is 0 Å². The van der Waals surface area contributed by atoms with Crippen LogP contribution in [0.25, 0.3) is 0 Å². The first-order chi connectivity index (χ1) is 16.0.